The smallest absolute Gasteiger partial charge is 0.226 e. The van der Waals surface area contributed by atoms with Crippen LogP contribution in [0, 0.1) is 0 Å². The van der Waals surface area contributed by atoms with Gasteiger partial charge < -0.3 is 15.0 Å². The maximum atomic E-state index is 12.4. The van der Waals surface area contributed by atoms with Gasteiger partial charge in [-0.25, -0.2) is 0 Å². The largest absolute Gasteiger partial charge is 0.492 e. The summed E-state index contributed by atoms with van der Waals surface area (Å²) in [4.78, 5) is 14.3. The van der Waals surface area contributed by atoms with Crippen LogP contribution in [-0.4, -0.2) is 43.1 Å². The second kappa shape index (κ2) is 7.97. The molecule has 0 bridgehead atoms. The van der Waals surface area contributed by atoms with Crippen molar-refractivity contribution < 1.29 is 9.53 Å². The molecule has 1 aliphatic heterocycles. The zero-order chi connectivity index (χ0) is 16.8. The van der Waals surface area contributed by atoms with Gasteiger partial charge in [-0.3, -0.25) is 4.79 Å². The minimum Gasteiger partial charge on any atom is -0.492 e. The maximum Gasteiger partial charge on any atom is 0.226 e. The van der Waals surface area contributed by atoms with Gasteiger partial charge in [-0.05, 0) is 18.6 Å². The van der Waals surface area contributed by atoms with Crippen LogP contribution < -0.4 is 10.1 Å². The number of rotatable bonds is 5. The normalized spacial score (nSPS) is 17.5. The van der Waals surface area contributed by atoms with E-state index < -0.39 is 0 Å². The molecule has 1 saturated heterocycles. The number of amides is 1. The zero-order valence-electron chi connectivity index (χ0n) is 14.1. The number of hydrogen-bond donors (Lipinski definition) is 1. The Kier molecular flexibility index (Phi) is 5.49. The van der Waals surface area contributed by atoms with Crippen LogP contribution in [0.25, 0.3) is 11.1 Å². The van der Waals surface area contributed by atoms with Crippen LogP contribution in [0.3, 0.4) is 0 Å². The van der Waals surface area contributed by atoms with Crippen molar-refractivity contribution in [1.82, 2.24) is 10.2 Å². The summed E-state index contributed by atoms with van der Waals surface area (Å²) in [5, 5.41) is 3.30. The highest BCUT2D eigenvalue weighted by Gasteiger charge is 2.22. The molecule has 1 atom stereocenters. The van der Waals surface area contributed by atoms with Crippen LogP contribution in [0.2, 0.25) is 0 Å². The van der Waals surface area contributed by atoms with Gasteiger partial charge in [0.2, 0.25) is 5.91 Å². The number of carbonyl (C=O) groups excluding carboxylic acids is 1. The Morgan fingerprint density at radius 2 is 1.92 bits per heavy atom. The van der Waals surface area contributed by atoms with E-state index in [1.165, 1.54) is 0 Å². The van der Waals surface area contributed by atoms with Crippen molar-refractivity contribution in [3.8, 4) is 16.9 Å². The highest BCUT2D eigenvalue weighted by atomic mass is 16.5. The SMILES string of the molecule is CC1CNCCN1C(=O)CCOc1ccccc1-c1ccccc1. The molecule has 0 spiro atoms. The van der Waals surface area contributed by atoms with Gasteiger partial charge in [0.1, 0.15) is 5.75 Å². The Hall–Kier alpha value is -2.33. The number of piperazine rings is 1. The molecule has 0 aliphatic carbocycles. The molecule has 1 N–H and O–H groups in total. The molecule has 0 radical (unpaired) electrons. The van der Waals surface area contributed by atoms with Gasteiger partial charge in [0.15, 0.2) is 0 Å². The van der Waals surface area contributed by atoms with Crippen molar-refractivity contribution >= 4 is 5.91 Å². The van der Waals surface area contributed by atoms with Crippen molar-refractivity contribution in [2.45, 2.75) is 19.4 Å². The fraction of sp³-hybridized carbons (Fsp3) is 0.350. The van der Waals surface area contributed by atoms with Gasteiger partial charge in [-0.15, -0.1) is 0 Å². The van der Waals surface area contributed by atoms with Crippen LogP contribution in [0.15, 0.2) is 54.6 Å². The van der Waals surface area contributed by atoms with E-state index in [-0.39, 0.29) is 11.9 Å². The minimum atomic E-state index is 0.168. The third kappa shape index (κ3) is 3.95. The summed E-state index contributed by atoms with van der Waals surface area (Å²) >= 11 is 0. The van der Waals surface area contributed by atoms with E-state index in [9.17, 15) is 4.79 Å². The van der Waals surface area contributed by atoms with Crippen LogP contribution in [-0.2, 0) is 4.79 Å². The minimum absolute atomic E-state index is 0.168. The number of ether oxygens (including phenoxy) is 1. The lowest BCUT2D eigenvalue weighted by Gasteiger charge is -2.34. The van der Waals surface area contributed by atoms with E-state index in [4.69, 9.17) is 4.74 Å². The first-order chi connectivity index (χ1) is 11.8. The molecule has 1 unspecified atom stereocenters. The molecule has 24 heavy (non-hydrogen) atoms. The van der Waals surface area contributed by atoms with Crippen LogP contribution in [0.4, 0.5) is 0 Å². The third-order valence-corrected chi connectivity index (χ3v) is 4.37. The number of benzene rings is 2. The molecule has 3 rings (SSSR count). The van der Waals surface area contributed by atoms with E-state index in [0.717, 1.165) is 36.5 Å². The predicted molar refractivity (Wildman–Crippen MR) is 96.0 cm³/mol. The van der Waals surface area contributed by atoms with Gasteiger partial charge in [0.05, 0.1) is 13.0 Å². The number of nitrogens with one attached hydrogen (secondary N) is 1. The van der Waals surface area contributed by atoms with Crippen molar-refractivity contribution in [3.63, 3.8) is 0 Å². The lowest BCUT2D eigenvalue weighted by atomic mass is 10.1. The Balaban J connectivity index is 1.60. The lowest BCUT2D eigenvalue weighted by Crippen LogP contribution is -2.52. The first kappa shape index (κ1) is 16.5. The predicted octanol–water partition coefficient (Wildman–Crippen LogP) is 2.94. The second-order valence-electron chi connectivity index (χ2n) is 6.10. The Labute approximate surface area is 143 Å². The second-order valence-corrected chi connectivity index (χ2v) is 6.10. The molecule has 0 aromatic heterocycles. The van der Waals surface area contributed by atoms with E-state index in [2.05, 4.69) is 24.4 Å². The monoisotopic (exact) mass is 324 g/mol. The summed E-state index contributed by atoms with van der Waals surface area (Å²) in [6.45, 7) is 4.99. The molecular weight excluding hydrogens is 300 g/mol. The van der Waals surface area contributed by atoms with Crippen molar-refractivity contribution in [2.24, 2.45) is 0 Å². The number of nitrogens with zero attached hydrogens (tertiary/aromatic N) is 1. The summed E-state index contributed by atoms with van der Waals surface area (Å²) < 4.78 is 5.93. The van der Waals surface area contributed by atoms with E-state index in [1.54, 1.807) is 0 Å². The fourth-order valence-electron chi connectivity index (χ4n) is 3.05. The van der Waals surface area contributed by atoms with Crippen LogP contribution >= 0.6 is 0 Å². The first-order valence-electron chi connectivity index (χ1n) is 8.53. The fourth-order valence-corrected chi connectivity index (χ4v) is 3.05. The quantitative estimate of drug-likeness (QED) is 0.919. The van der Waals surface area contributed by atoms with Crippen molar-refractivity contribution in [1.29, 1.82) is 0 Å². The van der Waals surface area contributed by atoms with Crippen LogP contribution in [0.5, 0.6) is 5.75 Å². The van der Waals surface area contributed by atoms with E-state index in [1.807, 2.05) is 47.4 Å². The van der Waals surface area contributed by atoms with Gasteiger partial charge in [0.25, 0.3) is 0 Å². The summed E-state index contributed by atoms with van der Waals surface area (Å²) in [6.07, 6.45) is 0.410. The molecule has 4 heteroatoms. The zero-order valence-corrected chi connectivity index (χ0v) is 14.1. The van der Waals surface area contributed by atoms with Gasteiger partial charge in [0, 0.05) is 31.2 Å². The standard InChI is InChI=1S/C20H24N2O2/c1-16-15-21-12-13-22(16)20(23)11-14-24-19-10-6-5-9-18(19)17-7-3-2-4-8-17/h2-10,16,21H,11-15H2,1H3. The Bertz CT molecular complexity index is 672. The summed E-state index contributed by atoms with van der Waals surface area (Å²) in [6, 6.07) is 18.4. The molecule has 2 aromatic carbocycles. The molecule has 1 heterocycles. The number of hydrogen-bond acceptors (Lipinski definition) is 3. The van der Waals surface area contributed by atoms with E-state index >= 15 is 0 Å². The molecule has 1 amide bonds. The summed E-state index contributed by atoms with van der Waals surface area (Å²) in [5.41, 5.74) is 2.18. The average molecular weight is 324 g/mol. The number of para-hydroxylation sites is 1. The van der Waals surface area contributed by atoms with Gasteiger partial charge in [-0.2, -0.15) is 0 Å². The summed E-state index contributed by atoms with van der Waals surface area (Å²) in [5.74, 6) is 0.992. The van der Waals surface area contributed by atoms with Crippen LogP contribution in [0.1, 0.15) is 13.3 Å². The van der Waals surface area contributed by atoms with E-state index in [0.29, 0.717) is 13.0 Å². The average Bonchev–Trinajstić information content (AvgIpc) is 2.63. The number of carbonyl (C=O) groups is 1. The van der Waals surface area contributed by atoms with Crippen molar-refractivity contribution in [3.05, 3.63) is 54.6 Å². The molecular formula is C20H24N2O2. The lowest BCUT2D eigenvalue weighted by molar-refractivity contribution is -0.134. The maximum absolute atomic E-state index is 12.4. The third-order valence-electron chi connectivity index (χ3n) is 4.37. The first-order valence-corrected chi connectivity index (χ1v) is 8.53. The summed E-state index contributed by atoms with van der Waals surface area (Å²) in [7, 11) is 0. The molecule has 1 aliphatic rings. The highest BCUT2D eigenvalue weighted by Crippen LogP contribution is 2.29. The van der Waals surface area contributed by atoms with Gasteiger partial charge in [-0.1, -0.05) is 48.5 Å². The highest BCUT2D eigenvalue weighted by molar-refractivity contribution is 5.77. The molecule has 2 aromatic rings. The Morgan fingerprint density at radius 3 is 2.71 bits per heavy atom. The Morgan fingerprint density at radius 1 is 1.17 bits per heavy atom. The molecule has 4 nitrogen and oxygen atoms in total. The molecule has 0 saturated carbocycles. The van der Waals surface area contributed by atoms with Gasteiger partial charge >= 0.3 is 0 Å². The molecule has 1 fully saturated rings. The van der Waals surface area contributed by atoms with Crippen molar-refractivity contribution in [2.75, 3.05) is 26.2 Å². The molecule has 126 valence electrons. The topological polar surface area (TPSA) is 41.6 Å².